The maximum atomic E-state index is 12.8. The first-order valence-corrected chi connectivity index (χ1v) is 9.04. The Kier molecular flexibility index (Phi) is 4.91. The van der Waals surface area contributed by atoms with Crippen LogP contribution in [-0.2, 0) is 11.2 Å². The Morgan fingerprint density at radius 2 is 2.26 bits per heavy atom. The Morgan fingerprint density at radius 3 is 3.07 bits per heavy atom. The fraction of sp³-hybridized carbons (Fsp3) is 0.350. The predicted molar refractivity (Wildman–Crippen MR) is 97.0 cm³/mol. The highest BCUT2D eigenvalue weighted by Gasteiger charge is 2.30. The van der Waals surface area contributed by atoms with Gasteiger partial charge in [-0.15, -0.1) is 0 Å². The molecule has 0 bridgehead atoms. The van der Waals surface area contributed by atoms with Crippen molar-refractivity contribution in [3.63, 3.8) is 0 Å². The molecule has 0 saturated carbocycles. The van der Waals surface area contributed by atoms with Gasteiger partial charge in [-0.3, -0.25) is 4.79 Å². The van der Waals surface area contributed by atoms with Gasteiger partial charge >= 0.3 is 0 Å². The van der Waals surface area contributed by atoms with Gasteiger partial charge < -0.3 is 18.6 Å². The fourth-order valence-electron chi connectivity index (χ4n) is 3.48. The molecule has 0 radical (unpaired) electrons. The van der Waals surface area contributed by atoms with E-state index in [4.69, 9.17) is 13.7 Å². The second-order valence-corrected chi connectivity index (χ2v) is 6.51. The minimum Gasteiger partial charge on any atom is -0.497 e. The summed E-state index contributed by atoms with van der Waals surface area (Å²) < 4.78 is 15.8. The third-order valence-electron chi connectivity index (χ3n) is 4.81. The number of carbonyl (C=O) groups is 1. The van der Waals surface area contributed by atoms with Crippen molar-refractivity contribution in [2.45, 2.75) is 31.7 Å². The summed E-state index contributed by atoms with van der Waals surface area (Å²) in [7, 11) is 1.65. The molecule has 4 rings (SSSR count). The van der Waals surface area contributed by atoms with Crippen LogP contribution in [0, 0.1) is 0 Å². The van der Waals surface area contributed by atoms with Crippen molar-refractivity contribution in [1.82, 2.24) is 15.0 Å². The van der Waals surface area contributed by atoms with Crippen LogP contribution >= 0.6 is 0 Å². The number of furan rings is 1. The molecule has 2 aromatic heterocycles. The minimum absolute atomic E-state index is 0.0916. The average Bonchev–Trinajstić information content (AvgIpc) is 3.47. The van der Waals surface area contributed by atoms with Crippen molar-refractivity contribution >= 4 is 5.91 Å². The highest BCUT2D eigenvalue weighted by molar-refractivity contribution is 5.77. The van der Waals surface area contributed by atoms with Gasteiger partial charge in [0.25, 0.3) is 0 Å². The van der Waals surface area contributed by atoms with Crippen LogP contribution in [0.3, 0.4) is 0 Å². The fourth-order valence-corrected chi connectivity index (χ4v) is 3.48. The maximum absolute atomic E-state index is 12.8. The molecule has 1 fully saturated rings. The Labute approximate surface area is 156 Å². The van der Waals surface area contributed by atoms with Crippen LogP contribution in [0.1, 0.15) is 36.8 Å². The second kappa shape index (κ2) is 7.65. The number of hydrogen-bond donors (Lipinski definition) is 0. The van der Waals surface area contributed by atoms with Gasteiger partial charge in [-0.25, -0.2) is 0 Å². The predicted octanol–water partition coefficient (Wildman–Crippen LogP) is 3.63. The first-order valence-electron chi connectivity index (χ1n) is 9.04. The summed E-state index contributed by atoms with van der Waals surface area (Å²) in [5.41, 5.74) is 1.11. The molecule has 1 atom stereocenters. The van der Waals surface area contributed by atoms with Gasteiger partial charge in [-0.1, -0.05) is 17.3 Å². The van der Waals surface area contributed by atoms with E-state index in [0.717, 1.165) is 30.7 Å². The monoisotopic (exact) mass is 367 g/mol. The molecule has 7 nitrogen and oxygen atoms in total. The van der Waals surface area contributed by atoms with Crippen LogP contribution in [-0.4, -0.2) is 34.6 Å². The summed E-state index contributed by atoms with van der Waals surface area (Å²) in [6, 6.07) is 11.6. The van der Waals surface area contributed by atoms with Crippen LogP contribution in [0.2, 0.25) is 0 Å². The lowest BCUT2D eigenvalue weighted by atomic mass is 10.0. The molecule has 7 heteroatoms. The molecule has 0 N–H and O–H groups in total. The smallest absolute Gasteiger partial charge is 0.238 e. The van der Waals surface area contributed by atoms with E-state index in [9.17, 15) is 4.79 Å². The van der Waals surface area contributed by atoms with E-state index in [1.165, 1.54) is 0 Å². The third kappa shape index (κ3) is 3.72. The molecule has 3 heterocycles. The zero-order valence-electron chi connectivity index (χ0n) is 15.1. The van der Waals surface area contributed by atoms with Crippen LogP contribution in [0.5, 0.6) is 5.75 Å². The Balaban J connectivity index is 1.40. The molecule has 27 heavy (non-hydrogen) atoms. The summed E-state index contributed by atoms with van der Waals surface area (Å²) in [6.07, 6.45) is 4.26. The summed E-state index contributed by atoms with van der Waals surface area (Å²) >= 11 is 0. The van der Waals surface area contributed by atoms with Crippen LogP contribution in [0.4, 0.5) is 0 Å². The molecule has 0 spiro atoms. The first kappa shape index (κ1) is 17.3. The summed E-state index contributed by atoms with van der Waals surface area (Å²) in [5, 5.41) is 3.90. The number of benzene rings is 1. The highest BCUT2D eigenvalue weighted by atomic mass is 16.5. The molecular weight excluding hydrogens is 346 g/mol. The normalized spacial score (nSPS) is 16.6. The number of likely N-dealkylation sites (tertiary alicyclic amines) is 1. The molecule has 1 aliphatic rings. The number of hydrogen-bond acceptors (Lipinski definition) is 6. The number of methoxy groups -OCH3 is 1. The lowest BCUT2D eigenvalue weighted by Crippen LogP contribution is -2.30. The number of ether oxygens (including phenoxy) is 1. The first-order chi connectivity index (χ1) is 13.2. The van der Waals surface area contributed by atoms with Crippen LogP contribution in [0.25, 0.3) is 11.6 Å². The van der Waals surface area contributed by atoms with Gasteiger partial charge in [-0.2, -0.15) is 4.98 Å². The zero-order valence-corrected chi connectivity index (χ0v) is 15.1. The number of rotatable bonds is 6. The molecule has 140 valence electrons. The number of carbonyl (C=O) groups excluding carboxylic acids is 1. The van der Waals surface area contributed by atoms with Gasteiger partial charge in [0.2, 0.25) is 17.6 Å². The topological polar surface area (TPSA) is 81.6 Å². The van der Waals surface area contributed by atoms with E-state index in [2.05, 4.69) is 10.1 Å². The van der Waals surface area contributed by atoms with Crippen molar-refractivity contribution in [1.29, 1.82) is 0 Å². The Bertz CT molecular complexity index is 904. The highest BCUT2D eigenvalue weighted by Crippen LogP contribution is 2.34. The average molecular weight is 367 g/mol. The molecule has 1 amide bonds. The Hall–Kier alpha value is -3.09. The second-order valence-electron chi connectivity index (χ2n) is 6.51. The van der Waals surface area contributed by atoms with Crippen molar-refractivity contribution in [3.05, 3.63) is 54.1 Å². The number of aromatic nitrogens is 2. The largest absolute Gasteiger partial charge is 0.497 e. The quantitative estimate of drug-likeness (QED) is 0.662. The molecule has 1 saturated heterocycles. The number of aryl methyl sites for hydroxylation is 1. The van der Waals surface area contributed by atoms with E-state index < -0.39 is 0 Å². The van der Waals surface area contributed by atoms with E-state index in [1.807, 2.05) is 29.2 Å². The molecule has 1 unspecified atom stereocenters. The van der Waals surface area contributed by atoms with Crippen LogP contribution in [0.15, 0.2) is 51.6 Å². The van der Waals surface area contributed by atoms with E-state index in [-0.39, 0.29) is 11.9 Å². The summed E-state index contributed by atoms with van der Waals surface area (Å²) in [4.78, 5) is 19.0. The van der Waals surface area contributed by atoms with Crippen molar-refractivity contribution in [3.8, 4) is 17.3 Å². The Morgan fingerprint density at radius 1 is 1.33 bits per heavy atom. The lowest BCUT2D eigenvalue weighted by Gasteiger charge is -2.25. The van der Waals surface area contributed by atoms with Gasteiger partial charge in [0.05, 0.1) is 19.4 Å². The molecule has 0 aliphatic carbocycles. The molecule has 3 aromatic rings. The van der Waals surface area contributed by atoms with Gasteiger partial charge in [-0.05, 0) is 42.7 Å². The number of amides is 1. The zero-order chi connectivity index (χ0) is 18.6. The van der Waals surface area contributed by atoms with E-state index in [1.54, 1.807) is 25.5 Å². The summed E-state index contributed by atoms with van der Waals surface area (Å²) in [6.45, 7) is 0.766. The standard InChI is InChI=1S/C20H21N3O4/c1-25-15-6-2-5-14(13-15)16-7-3-11-23(16)19(24)10-9-18-21-20(22-27-18)17-8-4-12-26-17/h2,4-6,8,12-13,16H,3,7,9-11H2,1H3. The van der Waals surface area contributed by atoms with E-state index >= 15 is 0 Å². The van der Waals surface area contributed by atoms with E-state index in [0.29, 0.717) is 30.3 Å². The van der Waals surface area contributed by atoms with Gasteiger partial charge in [0.15, 0.2) is 5.76 Å². The van der Waals surface area contributed by atoms with Crippen molar-refractivity contribution < 1.29 is 18.5 Å². The van der Waals surface area contributed by atoms with Crippen molar-refractivity contribution in [2.24, 2.45) is 0 Å². The molecule has 1 aromatic carbocycles. The summed E-state index contributed by atoms with van der Waals surface area (Å²) in [5.74, 6) is 2.29. The molecular formula is C20H21N3O4. The minimum atomic E-state index is 0.0916. The third-order valence-corrected chi connectivity index (χ3v) is 4.81. The lowest BCUT2D eigenvalue weighted by molar-refractivity contribution is -0.132. The van der Waals surface area contributed by atoms with Crippen molar-refractivity contribution in [2.75, 3.05) is 13.7 Å². The SMILES string of the molecule is COc1cccc(C2CCCN2C(=O)CCc2nc(-c3ccco3)no2)c1. The maximum Gasteiger partial charge on any atom is 0.238 e. The van der Waals surface area contributed by atoms with Gasteiger partial charge in [0.1, 0.15) is 5.75 Å². The van der Waals surface area contributed by atoms with Crippen LogP contribution < -0.4 is 4.74 Å². The number of nitrogens with zero attached hydrogens (tertiary/aromatic N) is 3. The molecule has 1 aliphatic heterocycles. The van der Waals surface area contributed by atoms with Gasteiger partial charge in [0, 0.05) is 19.4 Å².